The fourth-order valence-electron chi connectivity index (χ4n) is 4.31. The van der Waals surface area contributed by atoms with E-state index in [9.17, 15) is 19.2 Å². The molecule has 4 rings (SSSR count). The van der Waals surface area contributed by atoms with E-state index in [0.717, 1.165) is 24.1 Å². The molecule has 142 valence electrons. The second-order valence-corrected chi connectivity index (χ2v) is 7.49. The van der Waals surface area contributed by atoms with Crippen LogP contribution in [0.15, 0.2) is 18.2 Å². The number of rotatable bonds is 4. The Hall–Kier alpha value is -2.90. The van der Waals surface area contributed by atoms with Crippen LogP contribution >= 0.6 is 0 Å². The van der Waals surface area contributed by atoms with Gasteiger partial charge in [-0.05, 0) is 37.8 Å². The highest BCUT2D eigenvalue weighted by molar-refractivity contribution is 6.06. The second-order valence-electron chi connectivity index (χ2n) is 7.49. The molecule has 3 atom stereocenters. The fraction of sp³-hybridized carbons (Fsp3) is 0.474. The van der Waals surface area contributed by atoms with Gasteiger partial charge in [-0.1, -0.05) is 6.07 Å². The Balaban J connectivity index is 1.52. The first-order chi connectivity index (χ1) is 12.9. The summed E-state index contributed by atoms with van der Waals surface area (Å²) < 4.78 is 0. The number of nitrogens with zero attached hydrogens (tertiary/aromatic N) is 1. The van der Waals surface area contributed by atoms with E-state index in [1.54, 1.807) is 11.0 Å². The molecule has 4 amide bonds. The Kier molecular flexibility index (Phi) is 4.33. The van der Waals surface area contributed by atoms with Crippen LogP contribution in [-0.2, 0) is 20.9 Å². The molecule has 1 saturated heterocycles. The summed E-state index contributed by atoms with van der Waals surface area (Å²) >= 11 is 0. The van der Waals surface area contributed by atoms with Crippen LogP contribution in [0.25, 0.3) is 0 Å². The highest BCUT2D eigenvalue weighted by Crippen LogP contribution is 2.35. The summed E-state index contributed by atoms with van der Waals surface area (Å²) in [7, 11) is 0. The molecule has 8 heteroatoms. The number of imide groups is 1. The smallest absolute Gasteiger partial charge is 0.255 e. The third kappa shape index (κ3) is 3.15. The van der Waals surface area contributed by atoms with Gasteiger partial charge >= 0.3 is 0 Å². The van der Waals surface area contributed by atoms with Crippen molar-refractivity contribution in [1.29, 1.82) is 0 Å². The number of amides is 4. The first-order valence-corrected chi connectivity index (χ1v) is 9.26. The molecule has 0 aromatic heterocycles. The normalized spacial score (nSPS) is 27.5. The Morgan fingerprint density at radius 1 is 1.19 bits per heavy atom. The van der Waals surface area contributed by atoms with E-state index in [-0.39, 0.29) is 36.1 Å². The SMILES string of the molecule is NC(=O)C1CCC(Nc2cccc3c2CN(C2CCC(=O)NC2=O)C3=O)C1. The average Bonchev–Trinajstić information content (AvgIpc) is 3.21. The van der Waals surface area contributed by atoms with Gasteiger partial charge in [0.15, 0.2) is 0 Å². The molecule has 4 N–H and O–H groups in total. The Labute approximate surface area is 156 Å². The number of anilines is 1. The average molecular weight is 370 g/mol. The predicted octanol–water partition coefficient (Wildman–Crippen LogP) is 0.513. The molecule has 1 aromatic carbocycles. The first-order valence-electron chi connectivity index (χ1n) is 9.26. The van der Waals surface area contributed by atoms with Crippen molar-refractivity contribution in [3.05, 3.63) is 29.3 Å². The van der Waals surface area contributed by atoms with Crippen LogP contribution in [0.5, 0.6) is 0 Å². The second kappa shape index (κ2) is 6.68. The third-order valence-electron chi connectivity index (χ3n) is 5.78. The van der Waals surface area contributed by atoms with Crippen molar-refractivity contribution in [2.45, 2.75) is 50.7 Å². The number of nitrogens with two attached hydrogens (primary N) is 1. The molecule has 3 aliphatic rings. The molecule has 8 nitrogen and oxygen atoms in total. The largest absolute Gasteiger partial charge is 0.382 e. The fourth-order valence-corrected chi connectivity index (χ4v) is 4.31. The monoisotopic (exact) mass is 370 g/mol. The Morgan fingerprint density at radius 2 is 2.00 bits per heavy atom. The van der Waals surface area contributed by atoms with E-state index in [2.05, 4.69) is 10.6 Å². The zero-order chi connectivity index (χ0) is 19.1. The summed E-state index contributed by atoms with van der Waals surface area (Å²) in [6.07, 6.45) is 2.88. The maximum Gasteiger partial charge on any atom is 0.255 e. The van der Waals surface area contributed by atoms with Crippen molar-refractivity contribution >= 4 is 29.3 Å². The number of carbonyl (C=O) groups excluding carboxylic acids is 4. The van der Waals surface area contributed by atoms with Crippen LogP contribution in [0.1, 0.15) is 48.0 Å². The summed E-state index contributed by atoms with van der Waals surface area (Å²) in [5.41, 5.74) is 7.69. The van der Waals surface area contributed by atoms with E-state index >= 15 is 0 Å². The summed E-state index contributed by atoms with van der Waals surface area (Å²) in [5, 5.41) is 5.76. The van der Waals surface area contributed by atoms with Gasteiger partial charge in [-0.25, -0.2) is 0 Å². The number of piperidine rings is 1. The summed E-state index contributed by atoms with van der Waals surface area (Å²) in [4.78, 5) is 49.3. The molecule has 0 bridgehead atoms. The Morgan fingerprint density at radius 3 is 2.70 bits per heavy atom. The van der Waals surface area contributed by atoms with E-state index in [0.29, 0.717) is 24.9 Å². The quantitative estimate of drug-likeness (QED) is 0.667. The molecule has 0 radical (unpaired) electrons. The standard InChI is InChI=1S/C19H22N4O4/c20-17(25)10-4-5-11(8-10)21-14-3-1-2-12-13(14)9-23(19(12)27)15-6-7-16(24)22-18(15)26/h1-3,10-11,15,21H,4-9H2,(H2,20,25)(H,22,24,26). The van der Waals surface area contributed by atoms with Crippen LogP contribution in [0, 0.1) is 5.92 Å². The number of primary amides is 1. The number of hydrogen-bond acceptors (Lipinski definition) is 5. The van der Waals surface area contributed by atoms with Crippen LogP contribution in [-0.4, -0.2) is 40.6 Å². The van der Waals surface area contributed by atoms with Gasteiger partial charge in [0.1, 0.15) is 6.04 Å². The van der Waals surface area contributed by atoms with Crippen molar-refractivity contribution in [2.75, 3.05) is 5.32 Å². The lowest BCUT2D eigenvalue weighted by Crippen LogP contribution is -2.52. The molecule has 2 heterocycles. The van der Waals surface area contributed by atoms with Crippen molar-refractivity contribution in [3.8, 4) is 0 Å². The van der Waals surface area contributed by atoms with Gasteiger partial charge in [0.2, 0.25) is 17.7 Å². The van der Waals surface area contributed by atoms with E-state index in [1.165, 1.54) is 0 Å². The molecule has 27 heavy (non-hydrogen) atoms. The molecule has 1 aliphatic carbocycles. The summed E-state index contributed by atoms with van der Waals surface area (Å²) in [6, 6.07) is 5.00. The molecular formula is C19H22N4O4. The minimum atomic E-state index is -0.624. The molecule has 1 aromatic rings. The highest BCUT2D eigenvalue weighted by atomic mass is 16.2. The van der Waals surface area contributed by atoms with Crippen molar-refractivity contribution in [2.24, 2.45) is 11.7 Å². The zero-order valence-electron chi connectivity index (χ0n) is 14.9. The topological polar surface area (TPSA) is 122 Å². The number of fused-ring (bicyclic) bond motifs is 1. The van der Waals surface area contributed by atoms with Crippen molar-refractivity contribution < 1.29 is 19.2 Å². The minimum Gasteiger partial charge on any atom is -0.382 e. The van der Waals surface area contributed by atoms with Crippen molar-refractivity contribution in [1.82, 2.24) is 10.2 Å². The van der Waals surface area contributed by atoms with Gasteiger partial charge < -0.3 is 16.0 Å². The van der Waals surface area contributed by atoms with Crippen LogP contribution in [0.4, 0.5) is 5.69 Å². The minimum absolute atomic E-state index is 0.110. The first kappa shape index (κ1) is 17.5. The van der Waals surface area contributed by atoms with Gasteiger partial charge in [0.05, 0.1) is 0 Å². The molecule has 2 aliphatic heterocycles. The van der Waals surface area contributed by atoms with E-state index in [1.807, 2.05) is 12.1 Å². The molecule has 1 saturated carbocycles. The van der Waals surface area contributed by atoms with Gasteiger partial charge in [0.25, 0.3) is 5.91 Å². The van der Waals surface area contributed by atoms with Crippen LogP contribution in [0.3, 0.4) is 0 Å². The van der Waals surface area contributed by atoms with Gasteiger partial charge in [-0.2, -0.15) is 0 Å². The lowest BCUT2D eigenvalue weighted by molar-refractivity contribution is -0.137. The van der Waals surface area contributed by atoms with Crippen LogP contribution < -0.4 is 16.4 Å². The molecule has 0 spiro atoms. The third-order valence-corrected chi connectivity index (χ3v) is 5.78. The lowest BCUT2D eigenvalue weighted by Gasteiger charge is -2.29. The zero-order valence-corrected chi connectivity index (χ0v) is 14.9. The number of carbonyl (C=O) groups is 4. The number of nitrogens with one attached hydrogen (secondary N) is 2. The molecular weight excluding hydrogens is 348 g/mol. The van der Waals surface area contributed by atoms with Gasteiger partial charge in [0, 0.05) is 41.7 Å². The van der Waals surface area contributed by atoms with Crippen molar-refractivity contribution in [3.63, 3.8) is 0 Å². The number of benzene rings is 1. The number of hydrogen-bond donors (Lipinski definition) is 3. The molecule has 3 unspecified atom stereocenters. The van der Waals surface area contributed by atoms with Gasteiger partial charge in [-0.3, -0.25) is 24.5 Å². The predicted molar refractivity (Wildman–Crippen MR) is 96.4 cm³/mol. The van der Waals surface area contributed by atoms with Crippen LogP contribution in [0.2, 0.25) is 0 Å². The van der Waals surface area contributed by atoms with Gasteiger partial charge in [-0.15, -0.1) is 0 Å². The lowest BCUT2D eigenvalue weighted by atomic mass is 10.0. The maximum atomic E-state index is 12.8. The maximum absolute atomic E-state index is 12.8. The van der Waals surface area contributed by atoms with E-state index < -0.39 is 11.9 Å². The highest BCUT2D eigenvalue weighted by Gasteiger charge is 2.40. The Bertz CT molecular complexity index is 837. The summed E-state index contributed by atoms with van der Waals surface area (Å²) in [6.45, 7) is 0.329. The summed E-state index contributed by atoms with van der Waals surface area (Å²) in [5.74, 6) is -1.28. The van der Waals surface area contributed by atoms with E-state index in [4.69, 9.17) is 5.73 Å². The molecule has 2 fully saturated rings.